The first-order chi connectivity index (χ1) is 14.5. The number of nitro groups is 1. The van der Waals surface area contributed by atoms with E-state index in [9.17, 15) is 14.9 Å². The molecule has 4 aromatic rings. The summed E-state index contributed by atoms with van der Waals surface area (Å²) in [5.41, 5.74) is 1.62. The van der Waals surface area contributed by atoms with Crippen molar-refractivity contribution >= 4 is 38.5 Å². The van der Waals surface area contributed by atoms with Crippen molar-refractivity contribution in [3.05, 3.63) is 82.1 Å². The van der Waals surface area contributed by atoms with Crippen molar-refractivity contribution in [1.29, 1.82) is 0 Å². The van der Waals surface area contributed by atoms with E-state index >= 15 is 0 Å². The van der Waals surface area contributed by atoms with Gasteiger partial charge in [-0.3, -0.25) is 19.8 Å². The highest BCUT2D eigenvalue weighted by molar-refractivity contribution is 7.22. The van der Waals surface area contributed by atoms with Crippen LogP contribution in [0, 0.1) is 10.1 Å². The van der Waals surface area contributed by atoms with Crippen LogP contribution in [-0.2, 0) is 6.54 Å². The summed E-state index contributed by atoms with van der Waals surface area (Å²) in [6, 6.07) is 17.4. The van der Waals surface area contributed by atoms with Crippen LogP contribution in [0.5, 0.6) is 5.75 Å². The normalized spacial score (nSPS) is 10.8. The summed E-state index contributed by atoms with van der Waals surface area (Å²) < 4.78 is 11.5. The van der Waals surface area contributed by atoms with Crippen LogP contribution in [0.2, 0.25) is 0 Å². The fourth-order valence-corrected chi connectivity index (χ4v) is 3.92. The molecule has 9 heteroatoms. The third-order valence-corrected chi connectivity index (χ3v) is 5.34. The monoisotopic (exact) mass is 423 g/mol. The van der Waals surface area contributed by atoms with Gasteiger partial charge in [0.2, 0.25) is 0 Å². The molecule has 0 aliphatic heterocycles. The number of fused-ring (bicyclic) bond motifs is 1. The third-order valence-electron chi connectivity index (χ3n) is 4.30. The first-order valence-electron chi connectivity index (χ1n) is 9.18. The largest absolute Gasteiger partial charge is 0.494 e. The maximum atomic E-state index is 13.2. The first kappa shape index (κ1) is 19.6. The molecule has 0 saturated carbocycles. The molecule has 0 spiro atoms. The SMILES string of the molecule is CCOc1ccc2nc(N(Cc3ccccc3)C(=O)c3ccc([N+](=O)[O-])o3)sc2c1. The van der Waals surface area contributed by atoms with Crippen molar-refractivity contribution in [2.75, 3.05) is 11.5 Å². The van der Waals surface area contributed by atoms with E-state index in [1.807, 2.05) is 55.5 Å². The van der Waals surface area contributed by atoms with Crippen molar-refractivity contribution in [2.24, 2.45) is 0 Å². The van der Waals surface area contributed by atoms with Crippen LogP contribution in [0.4, 0.5) is 11.0 Å². The van der Waals surface area contributed by atoms with E-state index in [-0.39, 0.29) is 12.3 Å². The van der Waals surface area contributed by atoms with E-state index in [1.165, 1.54) is 28.4 Å². The van der Waals surface area contributed by atoms with Gasteiger partial charge in [0.15, 0.2) is 10.9 Å². The number of anilines is 1. The van der Waals surface area contributed by atoms with Gasteiger partial charge >= 0.3 is 5.88 Å². The average Bonchev–Trinajstić information content (AvgIpc) is 3.40. The van der Waals surface area contributed by atoms with Gasteiger partial charge in [0, 0.05) is 0 Å². The van der Waals surface area contributed by atoms with E-state index in [1.54, 1.807) is 0 Å². The Kier molecular flexibility index (Phi) is 5.44. The second kappa shape index (κ2) is 8.34. The molecule has 0 radical (unpaired) electrons. The standard InChI is InChI=1S/C21H17N3O5S/c1-2-28-15-8-9-16-18(12-15)30-21(22-16)23(13-14-6-4-3-5-7-14)20(25)17-10-11-19(29-17)24(26)27/h3-12H,2,13H2,1H3. The van der Waals surface area contributed by atoms with E-state index in [0.29, 0.717) is 11.7 Å². The number of ether oxygens (including phenoxy) is 1. The third kappa shape index (κ3) is 4.01. The molecule has 2 aromatic carbocycles. The molecule has 0 unspecified atom stereocenters. The van der Waals surface area contributed by atoms with Crippen LogP contribution in [0.3, 0.4) is 0 Å². The van der Waals surface area contributed by atoms with E-state index in [2.05, 4.69) is 4.98 Å². The highest BCUT2D eigenvalue weighted by atomic mass is 32.1. The van der Waals surface area contributed by atoms with Crippen molar-refractivity contribution in [3.63, 3.8) is 0 Å². The fraction of sp³-hybridized carbons (Fsp3) is 0.143. The number of aromatic nitrogens is 1. The topological polar surface area (TPSA) is 98.7 Å². The summed E-state index contributed by atoms with van der Waals surface area (Å²) in [5.74, 6) is -0.380. The molecular formula is C21H17N3O5S. The molecule has 1 amide bonds. The summed E-state index contributed by atoms with van der Waals surface area (Å²) >= 11 is 1.34. The van der Waals surface area contributed by atoms with Gasteiger partial charge in [-0.05, 0) is 36.8 Å². The summed E-state index contributed by atoms with van der Waals surface area (Å²) in [4.78, 5) is 29.5. The minimum Gasteiger partial charge on any atom is -0.494 e. The number of hydrogen-bond donors (Lipinski definition) is 0. The van der Waals surface area contributed by atoms with Gasteiger partial charge in [0.1, 0.15) is 10.7 Å². The molecule has 30 heavy (non-hydrogen) atoms. The number of benzene rings is 2. The lowest BCUT2D eigenvalue weighted by Gasteiger charge is -2.18. The smallest absolute Gasteiger partial charge is 0.433 e. The van der Waals surface area contributed by atoms with Crippen LogP contribution in [0.1, 0.15) is 23.0 Å². The highest BCUT2D eigenvalue weighted by Crippen LogP contribution is 2.33. The lowest BCUT2D eigenvalue weighted by molar-refractivity contribution is -0.402. The molecular weight excluding hydrogens is 406 g/mol. The maximum Gasteiger partial charge on any atom is 0.433 e. The first-order valence-corrected chi connectivity index (χ1v) is 10.00. The van der Waals surface area contributed by atoms with Crippen molar-refractivity contribution in [3.8, 4) is 5.75 Å². The van der Waals surface area contributed by atoms with Crippen LogP contribution >= 0.6 is 11.3 Å². The lowest BCUT2D eigenvalue weighted by atomic mass is 10.2. The Balaban J connectivity index is 1.73. The number of carbonyl (C=O) groups is 1. The Morgan fingerprint density at radius 3 is 2.70 bits per heavy atom. The number of furan rings is 1. The summed E-state index contributed by atoms with van der Waals surface area (Å²) in [6.45, 7) is 2.70. The maximum absolute atomic E-state index is 13.2. The zero-order valence-electron chi connectivity index (χ0n) is 16.0. The number of thiazole rings is 1. The Labute approximate surface area is 175 Å². The molecule has 0 fully saturated rings. The molecule has 0 aliphatic rings. The molecule has 4 rings (SSSR count). The second-order valence-corrected chi connectivity index (χ2v) is 7.34. The number of amides is 1. The number of rotatable bonds is 7. The van der Waals surface area contributed by atoms with Gasteiger partial charge < -0.3 is 9.15 Å². The number of carbonyl (C=O) groups excluding carboxylic acids is 1. The van der Waals surface area contributed by atoms with Gasteiger partial charge in [0.05, 0.1) is 29.4 Å². The number of nitrogens with zero attached hydrogens (tertiary/aromatic N) is 3. The lowest BCUT2D eigenvalue weighted by Crippen LogP contribution is -2.30. The quantitative estimate of drug-likeness (QED) is 0.305. The molecule has 0 atom stereocenters. The summed E-state index contributed by atoms with van der Waals surface area (Å²) in [6.07, 6.45) is 0. The molecule has 2 aromatic heterocycles. The fourth-order valence-electron chi connectivity index (χ4n) is 2.93. The van der Waals surface area contributed by atoms with E-state index in [0.717, 1.165) is 21.5 Å². The van der Waals surface area contributed by atoms with Crippen LogP contribution in [0.15, 0.2) is 65.1 Å². The van der Waals surface area contributed by atoms with Crippen LogP contribution in [0.25, 0.3) is 10.2 Å². The second-order valence-electron chi connectivity index (χ2n) is 6.33. The predicted octanol–water partition coefficient (Wildman–Crippen LogP) is 5.04. The van der Waals surface area contributed by atoms with Crippen molar-refractivity contribution in [2.45, 2.75) is 13.5 Å². The molecule has 2 heterocycles. The van der Waals surface area contributed by atoms with E-state index in [4.69, 9.17) is 9.15 Å². The van der Waals surface area contributed by atoms with Gasteiger partial charge in [-0.15, -0.1) is 0 Å². The Bertz CT molecular complexity index is 1200. The minimum atomic E-state index is -0.675. The van der Waals surface area contributed by atoms with Crippen molar-refractivity contribution in [1.82, 2.24) is 4.98 Å². The molecule has 0 N–H and O–H groups in total. The molecule has 0 aliphatic carbocycles. The van der Waals surface area contributed by atoms with Gasteiger partial charge in [-0.1, -0.05) is 41.7 Å². The molecule has 152 valence electrons. The zero-order chi connectivity index (χ0) is 21.1. The Hall–Kier alpha value is -3.72. The van der Waals surface area contributed by atoms with Crippen LogP contribution in [-0.4, -0.2) is 22.4 Å². The minimum absolute atomic E-state index is 0.119. The number of hydrogen-bond acceptors (Lipinski definition) is 7. The van der Waals surface area contributed by atoms with Crippen molar-refractivity contribution < 1.29 is 18.9 Å². The molecule has 8 nitrogen and oxygen atoms in total. The molecule has 0 saturated heterocycles. The van der Waals surface area contributed by atoms with Gasteiger partial charge in [-0.25, -0.2) is 4.98 Å². The Morgan fingerprint density at radius 2 is 2.00 bits per heavy atom. The van der Waals surface area contributed by atoms with Gasteiger partial charge in [-0.2, -0.15) is 0 Å². The van der Waals surface area contributed by atoms with Crippen LogP contribution < -0.4 is 9.64 Å². The van der Waals surface area contributed by atoms with Gasteiger partial charge in [0.25, 0.3) is 5.91 Å². The summed E-state index contributed by atoms with van der Waals surface area (Å²) in [5, 5.41) is 11.4. The predicted molar refractivity (Wildman–Crippen MR) is 113 cm³/mol. The zero-order valence-corrected chi connectivity index (χ0v) is 16.8. The average molecular weight is 423 g/mol. The Morgan fingerprint density at radius 1 is 1.20 bits per heavy atom. The van der Waals surface area contributed by atoms with E-state index < -0.39 is 16.7 Å². The summed E-state index contributed by atoms with van der Waals surface area (Å²) in [7, 11) is 0. The molecule has 0 bridgehead atoms. The highest BCUT2D eigenvalue weighted by Gasteiger charge is 2.26.